The van der Waals surface area contributed by atoms with E-state index < -0.39 is 22.4 Å². The molecule has 0 bridgehead atoms. The molecule has 0 radical (unpaired) electrons. The first kappa shape index (κ1) is 13.0. The Bertz CT molecular complexity index is 431. The van der Waals surface area contributed by atoms with E-state index in [2.05, 4.69) is 15.9 Å². The maximum Gasteiger partial charge on any atom is 0.416 e. The van der Waals surface area contributed by atoms with Crippen molar-refractivity contribution in [3.05, 3.63) is 38.9 Å². The number of halogens is 4. The first-order valence-corrected chi connectivity index (χ1v) is 5.30. The number of nitrogens with zero attached hydrogens (tertiary/aromatic N) is 1. The molecule has 0 saturated heterocycles. The van der Waals surface area contributed by atoms with Crippen LogP contribution in [-0.2, 0) is 11.5 Å². The van der Waals surface area contributed by atoms with Gasteiger partial charge in [-0.1, -0.05) is 15.9 Å². The van der Waals surface area contributed by atoms with Crippen molar-refractivity contribution < 1.29 is 18.1 Å². The molecule has 0 saturated carbocycles. The summed E-state index contributed by atoms with van der Waals surface area (Å²) >= 11 is 2.93. The highest BCUT2D eigenvalue weighted by molar-refractivity contribution is 9.08. The molecule has 0 aliphatic heterocycles. The largest absolute Gasteiger partial charge is 0.416 e. The van der Waals surface area contributed by atoms with Crippen LogP contribution in [0.1, 0.15) is 16.7 Å². The number of benzene rings is 1. The van der Waals surface area contributed by atoms with Gasteiger partial charge in [0.25, 0.3) is 5.69 Å². The highest BCUT2D eigenvalue weighted by Crippen LogP contribution is 2.36. The third-order valence-electron chi connectivity index (χ3n) is 2.07. The van der Waals surface area contributed by atoms with E-state index in [9.17, 15) is 23.3 Å². The second-order valence-corrected chi connectivity index (χ2v) is 3.75. The first-order valence-electron chi connectivity index (χ1n) is 4.18. The van der Waals surface area contributed by atoms with Gasteiger partial charge < -0.3 is 0 Å². The molecule has 7 heteroatoms. The van der Waals surface area contributed by atoms with E-state index in [1.54, 1.807) is 0 Å². The minimum Gasteiger partial charge on any atom is -0.258 e. The maximum absolute atomic E-state index is 12.6. The lowest BCUT2D eigenvalue weighted by molar-refractivity contribution is -0.385. The molecule has 3 nitrogen and oxygen atoms in total. The van der Waals surface area contributed by atoms with E-state index in [1.807, 2.05) is 0 Å². The highest BCUT2D eigenvalue weighted by atomic mass is 79.9. The smallest absolute Gasteiger partial charge is 0.258 e. The van der Waals surface area contributed by atoms with Gasteiger partial charge >= 0.3 is 6.18 Å². The van der Waals surface area contributed by atoms with Gasteiger partial charge in [-0.15, -0.1) is 0 Å². The minimum atomic E-state index is -4.58. The molecular weight excluding hydrogens is 291 g/mol. The molecule has 0 aliphatic carbocycles. The molecule has 0 unspecified atom stereocenters. The molecular formula is C9H7BrF3NO2. The zero-order valence-electron chi connectivity index (χ0n) is 8.14. The molecule has 0 N–H and O–H groups in total. The van der Waals surface area contributed by atoms with Gasteiger partial charge in [0.05, 0.1) is 10.5 Å². The Morgan fingerprint density at radius 1 is 1.44 bits per heavy atom. The minimum absolute atomic E-state index is 0.000672. The molecule has 0 amide bonds. The predicted octanol–water partition coefficient (Wildman–Crippen LogP) is 3.82. The van der Waals surface area contributed by atoms with E-state index in [1.165, 1.54) is 13.0 Å². The zero-order valence-corrected chi connectivity index (χ0v) is 9.72. The Balaban J connectivity index is 3.47. The second-order valence-electron chi connectivity index (χ2n) is 3.18. The van der Waals surface area contributed by atoms with Crippen LogP contribution in [0, 0.1) is 17.0 Å². The van der Waals surface area contributed by atoms with Crippen molar-refractivity contribution in [1.29, 1.82) is 0 Å². The molecule has 1 rings (SSSR count). The fourth-order valence-electron chi connectivity index (χ4n) is 1.33. The number of rotatable bonds is 2. The summed E-state index contributed by atoms with van der Waals surface area (Å²) in [6, 6.07) is 1.75. The quantitative estimate of drug-likeness (QED) is 0.473. The van der Waals surface area contributed by atoms with Gasteiger partial charge in [0.15, 0.2) is 0 Å². The van der Waals surface area contributed by atoms with Gasteiger partial charge in [-0.3, -0.25) is 10.1 Å². The molecule has 0 atom stereocenters. The van der Waals surface area contributed by atoms with Gasteiger partial charge in [0.1, 0.15) is 0 Å². The van der Waals surface area contributed by atoms with Crippen molar-refractivity contribution in [3.63, 3.8) is 0 Å². The molecule has 0 aromatic heterocycles. The van der Waals surface area contributed by atoms with Crippen molar-refractivity contribution in [3.8, 4) is 0 Å². The van der Waals surface area contributed by atoms with E-state index in [-0.39, 0.29) is 16.5 Å². The van der Waals surface area contributed by atoms with Gasteiger partial charge in [-0.25, -0.2) is 0 Å². The summed E-state index contributed by atoms with van der Waals surface area (Å²) in [6.45, 7) is 1.41. The van der Waals surface area contributed by atoms with Crippen molar-refractivity contribution >= 4 is 21.6 Å². The van der Waals surface area contributed by atoms with Crippen LogP contribution in [0.15, 0.2) is 12.1 Å². The summed E-state index contributed by atoms with van der Waals surface area (Å²) in [4.78, 5) is 9.71. The Hall–Kier alpha value is -1.11. The third kappa shape index (κ3) is 2.52. The summed E-state index contributed by atoms with van der Waals surface area (Å²) in [5.41, 5.74) is -1.28. The van der Waals surface area contributed by atoms with Crippen molar-refractivity contribution in [2.45, 2.75) is 18.4 Å². The van der Waals surface area contributed by atoms with Gasteiger partial charge in [-0.2, -0.15) is 13.2 Å². The molecule has 0 aliphatic rings. The van der Waals surface area contributed by atoms with Crippen LogP contribution < -0.4 is 0 Å². The molecule has 0 spiro atoms. The van der Waals surface area contributed by atoms with Crippen LogP contribution in [-0.4, -0.2) is 4.92 Å². The van der Waals surface area contributed by atoms with E-state index in [4.69, 9.17) is 0 Å². The van der Waals surface area contributed by atoms with Crippen LogP contribution in [0.25, 0.3) is 0 Å². The number of hydrogen-bond acceptors (Lipinski definition) is 2. The average Bonchev–Trinajstić information content (AvgIpc) is 2.14. The van der Waals surface area contributed by atoms with Gasteiger partial charge in [0, 0.05) is 17.0 Å². The van der Waals surface area contributed by atoms with Crippen LogP contribution in [0.2, 0.25) is 0 Å². The standard InChI is InChI=1S/C9H7BrF3NO2/c1-5-2-6(4-10)7(9(11,12)13)3-8(5)14(15)16/h2-3H,4H2,1H3. The number of nitro benzene ring substituents is 1. The van der Waals surface area contributed by atoms with Crippen LogP contribution in [0.5, 0.6) is 0 Å². The molecule has 16 heavy (non-hydrogen) atoms. The highest BCUT2D eigenvalue weighted by Gasteiger charge is 2.35. The molecule has 88 valence electrons. The number of hydrogen-bond donors (Lipinski definition) is 0. The monoisotopic (exact) mass is 297 g/mol. The normalized spacial score (nSPS) is 11.6. The Labute approximate surface area is 97.5 Å². The van der Waals surface area contributed by atoms with Gasteiger partial charge in [-0.05, 0) is 18.6 Å². The molecule has 0 fully saturated rings. The first-order chi connectivity index (χ1) is 7.27. The average molecular weight is 298 g/mol. The van der Waals surface area contributed by atoms with Crippen LogP contribution >= 0.6 is 15.9 Å². The third-order valence-corrected chi connectivity index (χ3v) is 2.67. The van der Waals surface area contributed by atoms with E-state index >= 15 is 0 Å². The summed E-state index contributed by atoms with van der Waals surface area (Å²) in [5, 5.41) is 10.5. The lowest BCUT2D eigenvalue weighted by Gasteiger charge is -2.12. The Morgan fingerprint density at radius 3 is 2.38 bits per heavy atom. The zero-order chi connectivity index (χ0) is 12.5. The fraction of sp³-hybridized carbons (Fsp3) is 0.333. The Morgan fingerprint density at radius 2 is 2.00 bits per heavy atom. The van der Waals surface area contributed by atoms with Gasteiger partial charge in [0.2, 0.25) is 0 Å². The summed E-state index contributed by atoms with van der Waals surface area (Å²) in [6.07, 6.45) is -4.58. The van der Waals surface area contributed by atoms with Crippen molar-refractivity contribution in [1.82, 2.24) is 0 Å². The Kier molecular flexibility index (Phi) is 3.57. The molecule has 1 aromatic carbocycles. The lowest BCUT2D eigenvalue weighted by Crippen LogP contribution is -2.10. The number of nitro groups is 1. The van der Waals surface area contributed by atoms with Crippen LogP contribution in [0.3, 0.4) is 0 Å². The number of alkyl halides is 4. The predicted molar refractivity (Wildman–Crippen MR) is 55.5 cm³/mol. The van der Waals surface area contributed by atoms with Crippen LogP contribution in [0.4, 0.5) is 18.9 Å². The summed E-state index contributed by atoms with van der Waals surface area (Å²) < 4.78 is 37.7. The SMILES string of the molecule is Cc1cc(CBr)c(C(F)(F)F)cc1[N+](=O)[O-]. The summed E-state index contributed by atoms with van der Waals surface area (Å²) in [5.74, 6) is 0. The van der Waals surface area contributed by atoms with E-state index in [0.717, 1.165) is 0 Å². The lowest BCUT2D eigenvalue weighted by atomic mass is 10.0. The van der Waals surface area contributed by atoms with E-state index in [0.29, 0.717) is 6.07 Å². The van der Waals surface area contributed by atoms with Crippen molar-refractivity contribution in [2.24, 2.45) is 0 Å². The summed E-state index contributed by atoms with van der Waals surface area (Å²) in [7, 11) is 0. The fourth-order valence-corrected chi connectivity index (χ4v) is 1.79. The number of aryl methyl sites for hydroxylation is 1. The molecule has 1 aromatic rings. The second kappa shape index (κ2) is 4.40. The molecule has 0 heterocycles. The maximum atomic E-state index is 12.6. The topological polar surface area (TPSA) is 43.1 Å². The van der Waals surface area contributed by atoms with Crippen molar-refractivity contribution in [2.75, 3.05) is 0 Å².